The maximum absolute atomic E-state index is 12.9. The quantitative estimate of drug-likeness (QED) is 0.604. The molecule has 8 nitrogen and oxygen atoms in total. The summed E-state index contributed by atoms with van der Waals surface area (Å²) in [6.45, 7) is 9.09. The molecule has 0 bridgehead atoms. The number of esters is 2. The lowest BCUT2D eigenvalue weighted by atomic mass is 9.43. The second-order valence-corrected chi connectivity index (χ2v) is 11.7. The Morgan fingerprint density at radius 3 is 2.51 bits per heavy atom. The van der Waals surface area contributed by atoms with E-state index in [1.165, 1.54) is 19.6 Å². The van der Waals surface area contributed by atoms with Gasteiger partial charge < -0.3 is 24.1 Å². The third kappa shape index (κ3) is 3.36. The van der Waals surface area contributed by atoms with Crippen molar-refractivity contribution in [3.63, 3.8) is 0 Å². The Morgan fingerprint density at radius 2 is 1.91 bits per heavy atom. The Balaban J connectivity index is 1.84. The average molecular weight is 489 g/mol. The van der Waals surface area contributed by atoms with Crippen molar-refractivity contribution in [1.29, 1.82) is 0 Å². The lowest BCUT2D eigenvalue weighted by molar-refractivity contribution is -0.265. The fourth-order valence-corrected chi connectivity index (χ4v) is 7.48. The zero-order chi connectivity index (χ0) is 26.0. The summed E-state index contributed by atoms with van der Waals surface area (Å²) in [5, 5.41) is 23.7. The van der Waals surface area contributed by atoms with Gasteiger partial charge in [-0.1, -0.05) is 33.8 Å². The normalized spacial score (nSPS) is 41.3. The first kappa shape index (κ1) is 25.6. The van der Waals surface area contributed by atoms with Gasteiger partial charge in [0.1, 0.15) is 11.2 Å². The predicted molar refractivity (Wildman–Crippen MR) is 125 cm³/mol. The minimum atomic E-state index is -1.71. The van der Waals surface area contributed by atoms with E-state index < -0.39 is 57.3 Å². The van der Waals surface area contributed by atoms with Crippen molar-refractivity contribution in [3.05, 3.63) is 36.3 Å². The van der Waals surface area contributed by atoms with Crippen LogP contribution in [-0.4, -0.2) is 46.2 Å². The van der Waals surface area contributed by atoms with Crippen molar-refractivity contribution in [2.45, 2.75) is 77.6 Å². The van der Waals surface area contributed by atoms with E-state index in [9.17, 15) is 24.6 Å². The zero-order valence-corrected chi connectivity index (χ0v) is 21.3. The van der Waals surface area contributed by atoms with E-state index in [0.717, 1.165) is 0 Å². The highest BCUT2D eigenvalue weighted by molar-refractivity contribution is 5.96. The second kappa shape index (κ2) is 8.03. The SMILES string of the molecule is COC(=O)C[C@H]1C(C)(C)C(=O)C=C[C@]1(C)[C@@H]1CC[C@@](C)([C@@H](O)c2ccoc2)[C@]2(O)CC(=O)O[C@]12C. The van der Waals surface area contributed by atoms with Gasteiger partial charge in [0.05, 0.1) is 38.6 Å². The third-order valence-corrected chi connectivity index (χ3v) is 9.77. The number of ether oxygens (including phenoxy) is 2. The summed E-state index contributed by atoms with van der Waals surface area (Å²) in [7, 11) is 1.31. The number of aliphatic hydroxyl groups is 2. The van der Waals surface area contributed by atoms with E-state index in [1.54, 1.807) is 26.0 Å². The Morgan fingerprint density at radius 1 is 1.23 bits per heavy atom. The molecule has 2 fully saturated rings. The minimum Gasteiger partial charge on any atom is -0.472 e. The van der Waals surface area contributed by atoms with E-state index in [0.29, 0.717) is 18.4 Å². The van der Waals surface area contributed by atoms with Crippen LogP contribution < -0.4 is 0 Å². The van der Waals surface area contributed by atoms with E-state index in [2.05, 4.69) is 0 Å². The third-order valence-electron chi connectivity index (χ3n) is 9.77. The van der Waals surface area contributed by atoms with Gasteiger partial charge in [-0.2, -0.15) is 0 Å². The summed E-state index contributed by atoms with van der Waals surface area (Å²) in [6, 6.07) is 1.64. The number of ketones is 1. The first-order valence-electron chi connectivity index (χ1n) is 12.1. The molecule has 0 unspecified atom stereocenters. The van der Waals surface area contributed by atoms with Crippen molar-refractivity contribution >= 4 is 17.7 Å². The molecule has 0 radical (unpaired) electrons. The van der Waals surface area contributed by atoms with Crippen molar-refractivity contribution in [2.24, 2.45) is 28.1 Å². The number of furan rings is 1. The Hall–Kier alpha value is -2.45. The number of hydrogen-bond donors (Lipinski definition) is 2. The van der Waals surface area contributed by atoms with Gasteiger partial charge in [-0.25, -0.2) is 0 Å². The van der Waals surface area contributed by atoms with Gasteiger partial charge in [0, 0.05) is 22.3 Å². The Bertz CT molecular complexity index is 1060. The standard InChI is InChI=1S/C27H36O8/c1-23(2)18(13-20(29)33-6)24(3,10-8-19(23)28)17-7-11-25(4,22(31)16-9-12-34-15-16)27(32)14-21(30)35-26(17,27)5/h8-10,12,15,17-18,22,31-32H,7,11,13-14H2,1-6H3/t17-,18-,22-,24+,25-,26+,27+/m0/s1. The molecule has 2 aliphatic carbocycles. The summed E-state index contributed by atoms with van der Waals surface area (Å²) in [5.41, 5.74) is -5.38. The molecule has 1 saturated carbocycles. The lowest BCUT2D eigenvalue weighted by Crippen LogP contribution is -2.70. The van der Waals surface area contributed by atoms with Crippen LogP contribution in [0.4, 0.5) is 0 Å². The summed E-state index contributed by atoms with van der Waals surface area (Å²) in [6.07, 6.45) is 5.75. The minimum absolute atomic E-state index is 0.00392. The first-order chi connectivity index (χ1) is 16.2. The van der Waals surface area contributed by atoms with Crippen molar-refractivity contribution in [1.82, 2.24) is 0 Å². The molecule has 1 aromatic rings. The fourth-order valence-electron chi connectivity index (χ4n) is 7.48. The monoisotopic (exact) mass is 488 g/mol. The van der Waals surface area contributed by atoms with Gasteiger partial charge in [-0.15, -0.1) is 0 Å². The number of hydrogen-bond acceptors (Lipinski definition) is 8. The highest BCUT2D eigenvalue weighted by Crippen LogP contribution is 2.68. The van der Waals surface area contributed by atoms with Crippen molar-refractivity contribution in [3.8, 4) is 0 Å². The molecular formula is C27H36O8. The van der Waals surface area contributed by atoms with E-state index >= 15 is 0 Å². The number of fused-ring (bicyclic) bond motifs is 1. The van der Waals surface area contributed by atoms with Gasteiger partial charge in [-0.3, -0.25) is 14.4 Å². The highest BCUT2D eigenvalue weighted by Gasteiger charge is 2.75. The van der Waals surface area contributed by atoms with Gasteiger partial charge in [0.25, 0.3) is 0 Å². The average Bonchev–Trinajstić information content (AvgIpc) is 3.40. The fraction of sp³-hybridized carbons (Fsp3) is 0.667. The van der Waals surface area contributed by atoms with E-state index in [-0.39, 0.29) is 18.6 Å². The van der Waals surface area contributed by atoms with Crippen molar-refractivity contribution < 1.29 is 38.5 Å². The maximum Gasteiger partial charge on any atom is 0.309 e. The maximum atomic E-state index is 12.9. The highest BCUT2D eigenvalue weighted by atomic mass is 16.6. The van der Waals surface area contributed by atoms with Gasteiger partial charge in [0.15, 0.2) is 5.78 Å². The molecule has 2 heterocycles. The molecule has 1 aliphatic heterocycles. The summed E-state index contributed by atoms with van der Waals surface area (Å²) in [4.78, 5) is 38.2. The smallest absolute Gasteiger partial charge is 0.309 e. The Labute approximate surface area is 205 Å². The molecular weight excluding hydrogens is 452 g/mol. The number of rotatable bonds is 5. The summed E-state index contributed by atoms with van der Waals surface area (Å²) in [5.74, 6) is -1.97. The molecule has 192 valence electrons. The van der Waals surface area contributed by atoms with Crippen LogP contribution in [0.1, 0.15) is 72.0 Å². The van der Waals surface area contributed by atoms with E-state index in [4.69, 9.17) is 13.9 Å². The summed E-state index contributed by atoms with van der Waals surface area (Å²) >= 11 is 0. The molecule has 3 aliphatic rings. The number of allylic oxidation sites excluding steroid dienone is 2. The van der Waals surface area contributed by atoms with Gasteiger partial charge >= 0.3 is 11.9 Å². The second-order valence-electron chi connectivity index (χ2n) is 11.7. The van der Waals surface area contributed by atoms with Crippen LogP contribution in [0.25, 0.3) is 0 Å². The van der Waals surface area contributed by atoms with Crippen LogP contribution in [0.15, 0.2) is 35.2 Å². The summed E-state index contributed by atoms with van der Waals surface area (Å²) < 4.78 is 16.1. The lowest BCUT2D eigenvalue weighted by Gasteiger charge is -2.63. The molecule has 7 atom stereocenters. The number of methoxy groups -OCH3 is 1. The Kier molecular flexibility index (Phi) is 5.88. The number of carbonyl (C=O) groups is 3. The first-order valence-corrected chi connectivity index (χ1v) is 12.1. The molecule has 35 heavy (non-hydrogen) atoms. The van der Waals surface area contributed by atoms with Crippen LogP contribution in [0.2, 0.25) is 0 Å². The van der Waals surface area contributed by atoms with Crippen LogP contribution in [0.5, 0.6) is 0 Å². The van der Waals surface area contributed by atoms with Crippen LogP contribution in [-0.2, 0) is 23.9 Å². The number of aliphatic hydroxyl groups excluding tert-OH is 1. The van der Waals surface area contributed by atoms with Gasteiger partial charge in [0.2, 0.25) is 0 Å². The zero-order valence-electron chi connectivity index (χ0n) is 21.3. The molecule has 1 saturated heterocycles. The molecule has 8 heteroatoms. The topological polar surface area (TPSA) is 123 Å². The number of carbonyl (C=O) groups excluding carboxylic acids is 3. The predicted octanol–water partition coefficient (Wildman–Crippen LogP) is 3.52. The molecule has 4 rings (SSSR count). The van der Waals surface area contributed by atoms with Crippen LogP contribution >= 0.6 is 0 Å². The van der Waals surface area contributed by atoms with Crippen LogP contribution in [0, 0.1) is 28.1 Å². The van der Waals surface area contributed by atoms with E-state index in [1.807, 2.05) is 26.8 Å². The molecule has 1 aromatic heterocycles. The molecule has 2 N–H and O–H groups in total. The largest absolute Gasteiger partial charge is 0.472 e. The van der Waals surface area contributed by atoms with Crippen molar-refractivity contribution in [2.75, 3.05) is 7.11 Å². The molecule has 0 amide bonds. The molecule has 0 spiro atoms. The van der Waals surface area contributed by atoms with Gasteiger partial charge in [-0.05, 0) is 43.2 Å². The van der Waals surface area contributed by atoms with Crippen LogP contribution in [0.3, 0.4) is 0 Å². The molecule has 0 aromatic carbocycles.